The molecule has 0 saturated carbocycles. The van der Waals surface area contributed by atoms with E-state index in [9.17, 15) is 9.90 Å². The number of nitrogens with one attached hydrogen (secondary N) is 1. The fourth-order valence-corrected chi connectivity index (χ4v) is 6.75. The van der Waals surface area contributed by atoms with Gasteiger partial charge in [-0.25, -0.2) is 14.2 Å². The highest BCUT2D eigenvalue weighted by atomic mass is 19.1. The Bertz CT molecular complexity index is 2220. The van der Waals surface area contributed by atoms with Crippen molar-refractivity contribution in [1.29, 1.82) is 0 Å². The van der Waals surface area contributed by atoms with Gasteiger partial charge in [0, 0.05) is 52.8 Å². The second-order valence-electron chi connectivity index (χ2n) is 13.3. The molecule has 11 heteroatoms. The molecule has 10 nitrogen and oxygen atoms in total. The Balaban J connectivity index is 1.46. The number of carboxylic acids is 1. The van der Waals surface area contributed by atoms with E-state index in [-0.39, 0.29) is 5.75 Å². The van der Waals surface area contributed by atoms with Crippen LogP contribution >= 0.6 is 0 Å². The van der Waals surface area contributed by atoms with Crippen LogP contribution in [0.4, 0.5) is 4.39 Å². The zero-order valence-electron chi connectivity index (χ0n) is 27.5. The first-order valence-corrected chi connectivity index (χ1v) is 15.7. The maximum atomic E-state index is 15.8. The fraction of sp³-hybridized carbons (Fsp3) is 0.333. The number of hydrogen-bond donors (Lipinski definition) is 2. The molecule has 0 radical (unpaired) electrons. The third-order valence-corrected chi connectivity index (χ3v) is 8.96. The van der Waals surface area contributed by atoms with E-state index in [1.807, 2.05) is 81.5 Å². The monoisotopic (exact) mass is 636 g/mol. The van der Waals surface area contributed by atoms with Crippen molar-refractivity contribution in [3.8, 4) is 39.5 Å². The van der Waals surface area contributed by atoms with Gasteiger partial charge in [0.1, 0.15) is 11.3 Å². The molecule has 0 unspecified atom stereocenters. The summed E-state index contributed by atoms with van der Waals surface area (Å²) in [5, 5.41) is 24.4. The van der Waals surface area contributed by atoms with Gasteiger partial charge in [-0.3, -0.25) is 9.78 Å². The van der Waals surface area contributed by atoms with Crippen molar-refractivity contribution < 1.29 is 23.8 Å². The lowest BCUT2D eigenvalue weighted by atomic mass is 9.86. The van der Waals surface area contributed by atoms with Gasteiger partial charge in [-0.05, 0) is 88.9 Å². The number of carboxylic acid groups (broad SMARTS) is 1. The zero-order chi connectivity index (χ0) is 33.4. The molecular weight excluding hydrogens is 599 g/mol. The number of benzene rings is 2. The van der Waals surface area contributed by atoms with E-state index in [1.54, 1.807) is 6.92 Å². The van der Waals surface area contributed by atoms with Gasteiger partial charge >= 0.3 is 5.97 Å². The molecule has 1 atom stereocenters. The molecule has 7 rings (SSSR count). The Morgan fingerprint density at radius 3 is 2.68 bits per heavy atom. The number of halogens is 1. The summed E-state index contributed by atoms with van der Waals surface area (Å²) >= 11 is 0. The summed E-state index contributed by atoms with van der Waals surface area (Å²) in [7, 11) is 3.81. The number of carbonyl (C=O) groups is 1. The second-order valence-corrected chi connectivity index (χ2v) is 13.3. The lowest BCUT2D eigenvalue weighted by Gasteiger charge is -2.29. The predicted molar refractivity (Wildman–Crippen MR) is 178 cm³/mol. The number of hydrogen-bond acceptors (Lipinski definition) is 6. The number of H-pyrrole nitrogens is 1. The predicted octanol–water partition coefficient (Wildman–Crippen LogP) is 7.21. The van der Waals surface area contributed by atoms with Gasteiger partial charge in [-0.1, -0.05) is 6.07 Å². The molecule has 2 aromatic carbocycles. The number of aromatic nitrogens is 6. The Morgan fingerprint density at radius 2 is 1.94 bits per heavy atom. The van der Waals surface area contributed by atoms with Crippen molar-refractivity contribution in [3.63, 3.8) is 0 Å². The van der Waals surface area contributed by atoms with E-state index < -0.39 is 23.5 Å². The summed E-state index contributed by atoms with van der Waals surface area (Å²) in [5.74, 6) is -1.36. The minimum absolute atomic E-state index is 0.268. The van der Waals surface area contributed by atoms with E-state index in [0.29, 0.717) is 52.1 Å². The van der Waals surface area contributed by atoms with Crippen LogP contribution in [0.5, 0.6) is 5.75 Å². The van der Waals surface area contributed by atoms with Crippen molar-refractivity contribution in [2.75, 3.05) is 6.61 Å². The number of pyridine rings is 1. The van der Waals surface area contributed by atoms with Crippen LogP contribution in [0.25, 0.3) is 55.7 Å². The van der Waals surface area contributed by atoms with E-state index in [2.05, 4.69) is 21.4 Å². The van der Waals surface area contributed by atoms with Gasteiger partial charge in [0.25, 0.3) is 0 Å². The molecule has 0 spiro atoms. The highest BCUT2D eigenvalue weighted by molar-refractivity contribution is 6.01. The Labute approximate surface area is 271 Å². The lowest BCUT2D eigenvalue weighted by Crippen LogP contribution is -2.28. The molecule has 0 fully saturated rings. The van der Waals surface area contributed by atoms with Gasteiger partial charge in [-0.15, -0.1) is 0 Å². The molecule has 0 aliphatic carbocycles. The van der Waals surface area contributed by atoms with Crippen LogP contribution in [0.3, 0.4) is 0 Å². The Kier molecular flexibility index (Phi) is 7.20. The van der Waals surface area contributed by atoms with Gasteiger partial charge in [0.2, 0.25) is 0 Å². The van der Waals surface area contributed by atoms with Crippen LogP contribution in [-0.2, 0) is 30.0 Å². The molecule has 6 aromatic rings. The number of fused-ring (bicyclic) bond motifs is 3. The summed E-state index contributed by atoms with van der Waals surface area (Å²) in [6, 6.07) is 11.5. The standard InChI is InChI=1S/C36H37FN6O4/c1-18-22-9-8-12-46-32(22)25(37)14-23(18)31-24-15-29(27-16-26(40-41-27)20-10-11-28-21(13-20)17-38-43(28)7)42(6)34(24)39-19(2)30(31)33(35(44)45)47-36(3,4)5/h10-11,13-17,33H,8-9,12H2,1-7H3,(H,40,41)(H,44,45)/t33-/m0/s1. The average Bonchev–Trinajstić information content (AvgIpc) is 3.74. The minimum Gasteiger partial charge on any atom is -0.490 e. The maximum Gasteiger partial charge on any atom is 0.337 e. The number of ether oxygens (including phenoxy) is 2. The fourth-order valence-electron chi connectivity index (χ4n) is 6.75. The summed E-state index contributed by atoms with van der Waals surface area (Å²) < 4.78 is 31.4. The lowest BCUT2D eigenvalue weighted by molar-refractivity contribution is -0.160. The minimum atomic E-state index is -1.35. The first kappa shape index (κ1) is 30.6. The molecule has 242 valence electrons. The summed E-state index contributed by atoms with van der Waals surface area (Å²) in [4.78, 5) is 17.8. The Hall–Kier alpha value is -5.03. The van der Waals surface area contributed by atoms with Gasteiger partial charge in [-0.2, -0.15) is 10.2 Å². The summed E-state index contributed by atoms with van der Waals surface area (Å²) in [5.41, 5.74) is 7.78. The zero-order valence-corrected chi connectivity index (χ0v) is 27.5. The van der Waals surface area contributed by atoms with Gasteiger partial charge < -0.3 is 19.1 Å². The van der Waals surface area contributed by atoms with Gasteiger partial charge in [0.05, 0.1) is 35.3 Å². The molecule has 47 heavy (non-hydrogen) atoms. The van der Waals surface area contributed by atoms with Crippen LogP contribution in [0.15, 0.2) is 42.6 Å². The van der Waals surface area contributed by atoms with E-state index in [1.165, 1.54) is 6.07 Å². The molecule has 0 saturated heterocycles. The first-order valence-electron chi connectivity index (χ1n) is 15.7. The normalized spacial score (nSPS) is 14.0. The van der Waals surface area contributed by atoms with Crippen LogP contribution in [0.2, 0.25) is 0 Å². The maximum absolute atomic E-state index is 15.8. The number of aryl methyl sites for hydroxylation is 3. The molecule has 1 aliphatic heterocycles. The van der Waals surface area contributed by atoms with E-state index in [4.69, 9.17) is 14.5 Å². The molecule has 0 amide bonds. The van der Waals surface area contributed by atoms with Crippen LogP contribution in [0.1, 0.15) is 55.7 Å². The third kappa shape index (κ3) is 5.14. The van der Waals surface area contributed by atoms with Crippen molar-refractivity contribution in [3.05, 3.63) is 70.8 Å². The first-order chi connectivity index (χ1) is 22.3. The number of rotatable bonds is 6. The molecule has 2 N–H and O–H groups in total. The van der Waals surface area contributed by atoms with E-state index >= 15 is 4.39 Å². The number of aliphatic carboxylic acids is 1. The topological polar surface area (TPSA) is 120 Å². The van der Waals surface area contributed by atoms with Crippen molar-refractivity contribution in [2.45, 2.75) is 59.2 Å². The second kappa shape index (κ2) is 11.0. The average molecular weight is 637 g/mol. The van der Waals surface area contributed by atoms with Crippen molar-refractivity contribution >= 4 is 27.9 Å². The molecule has 0 bridgehead atoms. The molecule has 5 heterocycles. The number of nitrogens with zero attached hydrogens (tertiary/aromatic N) is 5. The van der Waals surface area contributed by atoms with Crippen molar-refractivity contribution in [2.24, 2.45) is 14.1 Å². The highest BCUT2D eigenvalue weighted by Gasteiger charge is 2.34. The van der Waals surface area contributed by atoms with Crippen LogP contribution < -0.4 is 4.74 Å². The van der Waals surface area contributed by atoms with Crippen molar-refractivity contribution in [1.82, 2.24) is 29.5 Å². The Morgan fingerprint density at radius 1 is 1.15 bits per heavy atom. The summed E-state index contributed by atoms with van der Waals surface area (Å²) in [6.07, 6.45) is 1.92. The molecule has 4 aromatic heterocycles. The number of aromatic amines is 1. The van der Waals surface area contributed by atoms with Gasteiger partial charge in [0.15, 0.2) is 17.7 Å². The SMILES string of the molecule is Cc1nc2c(cc(-c3cc(-c4ccc5c(cnn5C)c4)[nH]n3)n2C)c(-c2cc(F)c3c(c2C)CCCO3)c1[C@H](OC(C)(C)C)C(=O)O. The van der Waals surface area contributed by atoms with Crippen LogP contribution in [-0.4, -0.2) is 52.8 Å². The smallest absolute Gasteiger partial charge is 0.337 e. The molecular formula is C36H37FN6O4. The van der Waals surface area contributed by atoms with Crippen LogP contribution in [0, 0.1) is 19.7 Å². The summed E-state index contributed by atoms with van der Waals surface area (Å²) in [6.45, 7) is 9.61. The molecule has 1 aliphatic rings. The highest BCUT2D eigenvalue weighted by Crippen LogP contribution is 2.45. The quantitative estimate of drug-likeness (QED) is 0.198. The third-order valence-electron chi connectivity index (χ3n) is 8.96. The van der Waals surface area contributed by atoms with E-state index in [0.717, 1.165) is 45.4 Å². The largest absolute Gasteiger partial charge is 0.490 e.